The number of rotatable bonds is 6. The number of hydrogen-bond donors (Lipinski definition) is 3. The van der Waals surface area contributed by atoms with E-state index in [0.717, 1.165) is 11.4 Å². The Morgan fingerprint density at radius 2 is 2.00 bits per heavy atom. The van der Waals surface area contributed by atoms with E-state index in [1.807, 2.05) is 47.8 Å². The summed E-state index contributed by atoms with van der Waals surface area (Å²) in [6.45, 7) is 1.96. The molecule has 0 spiro atoms. The highest BCUT2D eigenvalue weighted by molar-refractivity contribution is 7.14. The Balaban J connectivity index is 1.74. The first-order valence-corrected chi connectivity index (χ1v) is 7.78. The Hall–Kier alpha value is -1.85. The van der Waals surface area contributed by atoms with Crippen molar-refractivity contribution in [1.29, 1.82) is 0 Å². The minimum atomic E-state index is -0.928. The Morgan fingerprint density at radius 1 is 1.24 bits per heavy atom. The van der Waals surface area contributed by atoms with Crippen LogP contribution in [-0.4, -0.2) is 23.3 Å². The van der Waals surface area contributed by atoms with Gasteiger partial charge in [-0.2, -0.15) is 0 Å². The van der Waals surface area contributed by atoms with Crippen LogP contribution in [0.15, 0.2) is 47.8 Å². The third kappa shape index (κ3) is 5.57. The fourth-order valence-corrected chi connectivity index (χ4v) is 2.54. The smallest absolute Gasteiger partial charge is 0.319 e. The molecule has 0 aliphatic rings. The number of aliphatic hydroxyl groups is 1. The summed E-state index contributed by atoms with van der Waals surface area (Å²) in [6, 6.07) is 13.4. The van der Waals surface area contributed by atoms with Crippen LogP contribution in [-0.2, 0) is 6.42 Å². The van der Waals surface area contributed by atoms with Crippen molar-refractivity contribution in [2.24, 2.45) is 0 Å². The van der Waals surface area contributed by atoms with Crippen molar-refractivity contribution in [2.75, 3.05) is 11.9 Å². The molecule has 1 unspecified atom stereocenters. The number of amides is 2. The van der Waals surface area contributed by atoms with Crippen LogP contribution in [0.25, 0.3) is 0 Å². The van der Waals surface area contributed by atoms with Crippen LogP contribution in [0.5, 0.6) is 0 Å². The summed E-state index contributed by atoms with van der Waals surface area (Å²) in [5.41, 5.74) is 0.253. The van der Waals surface area contributed by atoms with Gasteiger partial charge in [-0.05, 0) is 42.8 Å². The summed E-state index contributed by atoms with van der Waals surface area (Å²) in [4.78, 5) is 11.7. The standard InChI is InChI=1S/C16H20N2O2S/c1-16(20,10-9-13-6-3-2-4-7-13)12-17-15(19)18-14-8-5-11-21-14/h2-8,11,20H,9-10,12H2,1H3,(H2,17,18,19). The van der Waals surface area contributed by atoms with Gasteiger partial charge in [0.05, 0.1) is 10.6 Å². The van der Waals surface area contributed by atoms with Crippen molar-refractivity contribution in [3.63, 3.8) is 0 Å². The normalized spacial score (nSPS) is 13.4. The maximum absolute atomic E-state index is 11.7. The minimum Gasteiger partial charge on any atom is -0.388 e. The molecule has 21 heavy (non-hydrogen) atoms. The van der Waals surface area contributed by atoms with Crippen LogP contribution in [0.1, 0.15) is 18.9 Å². The minimum absolute atomic E-state index is 0.219. The molecule has 0 saturated carbocycles. The zero-order chi connectivity index (χ0) is 15.1. The Morgan fingerprint density at radius 3 is 2.67 bits per heavy atom. The largest absolute Gasteiger partial charge is 0.388 e. The number of carbonyl (C=O) groups excluding carboxylic acids is 1. The van der Waals surface area contributed by atoms with E-state index in [9.17, 15) is 9.90 Å². The molecule has 2 rings (SSSR count). The molecule has 0 aliphatic heterocycles. The van der Waals surface area contributed by atoms with Gasteiger partial charge in [0.15, 0.2) is 0 Å². The first-order chi connectivity index (χ1) is 10.1. The second-order valence-corrected chi connectivity index (χ2v) is 6.22. The molecule has 112 valence electrons. The average molecular weight is 304 g/mol. The number of hydrogen-bond acceptors (Lipinski definition) is 3. The molecular formula is C16H20N2O2S. The zero-order valence-electron chi connectivity index (χ0n) is 12.0. The van der Waals surface area contributed by atoms with Crippen molar-refractivity contribution in [3.8, 4) is 0 Å². The Bertz CT molecular complexity index is 553. The van der Waals surface area contributed by atoms with E-state index in [4.69, 9.17) is 0 Å². The van der Waals surface area contributed by atoms with E-state index in [2.05, 4.69) is 10.6 Å². The first kappa shape index (κ1) is 15.5. The van der Waals surface area contributed by atoms with Crippen LogP contribution >= 0.6 is 11.3 Å². The van der Waals surface area contributed by atoms with Crippen molar-refractivity contribution >= 4 is 22.4 Å². The molecule has 3 N–H and O–H groups in total. The van der Waals surface area contributed by atoms with Gasteiger partial charge in [0.25, 0.3) is 0 Å². The van der Waals surface area contributed by atoms with E-state index in [-0.39, 0.29) is 12.6 Å². The average Bonchev–Trinajstić information content (AvgIpc) is 2.97. The van der Waals surface area contributed by atoms with Gasteiger partial charge in [0.1, 0.15) is 0 Å². The summed E-state index contributed by atoms with van der Waals surface area (Å²) in [7, 11) is 0. The Labute approximate surface area is 128 Å². The molecule has 0 saturated heterocycles. The lowest BCUT2D eigenvalue weighted by atomic mass is 9.97. The zero-order valence-corrected chi connectivity index (χ0v) is 12.8. The summed E-state index contributed by atoms with van der Waals surface area (Å²) in [5.74, 6) is 0. The number of carbonyl (C=O) groups is 1. The first-order valence-electron chi connectivity index (χ1n) is 6.90. The summed E-state index contributed by atoms with van der Waals surface area (Å²) in [5, 5.41) is 18.4. The van der Waals surface area contributed by atoms with Gasteiger partial charge in [0, 0.05) is 6.54 Å². The molecule has 4 nitrogen and oxygen atoms in total. The van der Waals surface area contributed by atoms with Crippen LogP contribution in [0, 0.1) is 0 Å². The predicted octanol–water partition coefficient (Wildman–Crippen LogP) is 3.25. The van der Waals surface area contributed by atoms with Gasteiger partial charge in [0.2, 0.25) is 0 Å². The van der Waals surface area contributed by atoms with Crippen molar-refractivity contribution in [2.45, 2.75) is 25.4 Å². The molecule has 1 atom stereocenters. The van der Waals surface area contributed by atoms with Gasteiger partial charge >= 0.3 is 6.03 Å². The molecular weight excluding hydrogens is 284 g/mol. The number of urea groups is 1. The number of aryl methyl sites for hydroxylation is 1. The van der Waals surface area contributed by atoms with Gasteiger partial charge in [-0.1, -0.05) is 30.3 Å². The molecule has 2 aromatic rings. The fraction of sp³-hybridized carbons (Fsp3) is 0.312. The summed E-state index contributed by atoms with van der Waals surface area (Å²) in [6.07, 6.45) is 1.37. The topological polar surface area (TPSA) is 61.4 Å². The Kier molecular flexibility index (Phi) is 5.36. The van der Waals surface area contributed by atoms with E-state index < -0.39 is 5.60 Å². The molecule has 0 radical (unpaired) electrons. The monoisotopic (exact) mass is 304 g/mol. The number of nitrogens with one attached hydrogen (secondary N) is 2. The van der Waals surface area contributed by atoms with Gasteiger partial charge in [-0.3, -0.25) is 5.32 Å². The maximum Gasteiger partial charge on any atom is 0.319 e. The maximum atomic E-state index is 11.7. The third-order valence-electron chi connectivity index (χ3n) is 3.18. The predicted molar refractivity (Wildman–Crippen MR) is 86.7 cm³/mol. The van der Waals surface area contributed by atoms with Crippen molar-refractivity contribution in [1.82, 2.24) is 5.32 Å². The van der Waals surface area contributed by atoms with Gasteiger partial charge in [-0.15, -0.1) is 11.3 Å². The van der Waals surface area contributed by atoms with E-state index in [0.29, 0.717) is 6.42 Å². The molecule has 0 aliphatic carbocycles. The van der Waals surface area contributed by atoms with Crippen LogP contribution in [0.3, 0.4) is 0 Å². The van der Waals surface area contributed by atoms with Gasteiger partial charge in [-0.25, -0.2) is 4.79 Å². The lowest BCUT2D eigenvalue weighted by Crippen LogP contribution is -2.42. The third-order valence-corrected chi connectivity index (χ3v) is 3.97. The van der Waals surface area contributed by atoms with Crippen molar-refractivity contribution < 1.29 is 9.90 Å². The van der Waals surface area contributed by atoms with E-state index in [1.54, 1.807) is 6.92 Å². The number of anilines is 1. The molecule has 0 fully saturated rings. The van der Waals surface area contributed by atoms with Crippen LogP contribution < -0.4 is 10.6 Å². The number of thiophene rings is 1. The highest BCUT2D eigenvalue weighted by Gasteiger charge is 2.21. The summed E-state index contributed by atoms with van der Waals surface area (Å²) < 4.78 is 0. The molecule has 5 heteroatoms. The fourth-order valence-electron chi connectivity index (χ4n) is 1.92. The SMILES string of the molecule is CC(O)(CCc1ccccc1)CNC(=O)Nc1cccs1. The van der Waals surface area contributed by atoms with Crippen LogP contribution in [0.2, 0.25) is 0 Å². The van der Waals surface area contributed by atoms with Gasteiger partial charge < -0.3 is 10.4 Å². The molecule has 2 amide bonds. The van der Waals surface area contributed by atoms with Crippen molar-refractivity contribution in [3.05, 3.63) is 53.4 Å². The molecule has 0 bridgehead atoms. The second kappa shape index (κ2) is 7.24. The van der Waals surface area contributed by atoms with Crippen LogP contribution in [0.4, 0.5) is 9.80 Å². The number of benzene rings is 1. The van der Waals surface area contributed by atoms with E-state index >= 15 is 0 Å². The molecule has 1 aromatic carbocycles. The molecule has 1 aromatic heterocycles. The lowest BCUT2D eigenvalue weighted by Gasteiger charge is -2.23. The second-order valence-electron chi connectivity index (χ2n) is 5.27. The highest BCUT2D eigenvalue weighted by atomic mass is 32.1. The quantitative estimate of drug-likeness (QED) is 0.767. The highest BCUT2D eigenvalue weighted by Crippen LogP contribution is 2.15. The molecule has 1 heterocycles. The van der Waals surface area contributed by atoms with E-state index in [1.165, 1.54) is 16.9 Å². The lowest BCUT2D eigenvalue weighted by molar-refractivity contribution is 0.0539. The summed E-state index contributed by atoms with van der Waals surface area (Å²) >= 11 is 1.46.